The number of halogens is 2. The molecule has 0 spiro atoms. The van der Waals surface area contributed by atoms with E-state index in [4.69, 9.17) is 17.3 Å². The number of carbonyl (C=O) groups is 1. The van der Waals surface area contributed by atoms with Gasteiger partial charge in [-0.15, -0.1) is 0 Å². The van der Waals surface area contributed by atoms with E-state index in [-0.39, 0.29) is 22.3 Å². The van der Waals surface area contributed by atoms with Crippen LogP contribution in [0.25, 0.3) is 0 Å². The van der Waals surface area contributed by atoms with Gasteiger partial charge in [-0.2, -0.15) is 0 Å². The molecule has 1 amide bonds. The minimum atomic E-state index is -0.691. The first kappa shape index (κ1) is 15.6. The van der Waals surface area contributed by atoms with Crippen molar-refractivity contribution < 1.29 is 9.18 Å². The lowest BCUT2D eigenvalue weighted by molar-refractivity contribution is 0.0941. The highest BCUT2D eigenvalue weighted by Gasteiger charge is 2.26. The predicted octanol–water partition coefficient (Wildman–Crippen LogP) is 2.47. The van der Waals surface area contributed by atoms with E-state index < -0.39 is 11.7 Å². The third-order valence-corrected chi connectivity index (χ3v) is 4.05. The predicted molar refractivity (Wildman–Crippen MR) is 88.1 cm³/mol. The molecular weight excluding hydrogens is 319 g/mol. The fourth-order valence-electron chi connectivity index (χ4n) is 2.66. The van der Waals surface area contributed by atoms with Gasteiger partial charge in [0.25, 0.3) is 5.91 Å². The van der Waals surface area contributed by atoms with E-state index in [9.17, 15) is 9.18 Å². The Labute approximate surface area is 138 Å². The van der Waals surface area contributed by atoms with Gasteiger partial charge in [0, 0.05) is 30.4 Å². The highest BCUT2D eigenvalue weighted by Crippen LogP contribution is 2.23. The lowest BCUT2D eigenvalue weighted by Gasteiger charge is -2.18. The molecule has 5 nitrogen and oxygen atoms in total. The second kappa shape index (κ2) is 6.42. The quantitative estimate of drug-likeness (QED) is 0.846. The molecular formula is C16H16ClFN4O. The summed E-state index contributed by atoms with van der Waals surface area (Å²) in [4.78, 5) is 18.7. The summed E-state index contributed by atoms with van der Waals surface area (Å²) < 4.78 is 13.6. The van der Waals surface area contributed by atoms with Gasteiger partial charge in [-0.1, -0.05) is 17.7 Å². The van der Waals surface area contributed by atoms with E-state index in [1.165, 1.54) is 6.07 Å². The first-order valence-electron chi connectivity index (χ1n) is 7.26. The smallest absolute Gasteiger partial charge is 0.253 e. The highest BCUT2D eigenvalue weighted by molar-refractivity contribution is 6.31. The Balaban J connectivity index is 1.68. The number of nitrogens with one attached hydrogen (secondary N) is 1. The first-order chi connectivity index (χ1) is 11.0. The van der Waals surface area contributed by atoms with Crippen LogP contribution in [0.3, 0.4) is 0 Å². The number of aromatic nitrogens is 1. The van der Waals surface area contributed by atoms with Crippen molar-refractivity contribution in [3.63, 3.8) is 0 Å². The van der Waals surface area contributed by atoms with Gasteiger partial charge in [-0.3, -0.25) is 4.79 Å². The van der Waals surface area contributed by atoms with E-state index in [0.29, 0.717) is 6.54 Å². The maximum Gasteiger partial charge on any atom is 0.253 e. The minimum Gasteiger partial charge on any atom is -0.396 e. The molecule has 1 aliphatic rings. The molecule has 1 aromatic heterocycles. The van der Waals surface area contributed by atoms with Crippen LogP contribution in [0.4, 0.5) is 15.9 Å². The van der Waals surface area contributed by atoms with Gasteiger partial charge in [0.1, 0.15) is 11.6 Å². The Morgan fingerprint density at radius 1 is 1.43 bits per heavy atom. The number of pyridine rings is 1. The molecule has 23 heavy (non-hydrogen) atoms. The molecule has 1 atom stereocenters. The summed E-state index contributed by atoms with van der Waals surface area (Å²) in [5.74, 6) is -0.237. The van der Waals surface area contributed by atoms with Crippen molar-refractivity contribution in [3.05, 3.63) is 52.9 Å². The number of hydrogen-bond acceptors (Lipinski definition) is 4. The van der Waals surface area contributed by atoms with Gasteiger partial charge in [0.2, 0.25) is 0 Å². The molecule has 0 aliphatic carbocycles. The zero-order chi connectivity index (χ0) is 16.4. The summed E-state index contributed by atoms with van der Waals surface area (Å²) in [6.07, 6.45) is 2.52. The summed E-state index contributed by atoms with van der Waals surface area (Å²) in [6.45, 7) is 1.44. The van der Waals surface area contributed by atoms with Crippen molar-refractivity contribution in [2.24, 2.45) is 0 Å². The summed E-state index contributed by atoms with van der Waals surface area (Å²) >= 11 is 5.79. The third kappa shape index (κ3) is 3.37. The van der Waals surface area contributed by atoms with Gasteiger partial charge in [-0.25, -0.2) is 9.37 Å². The van der Waals surface area contributed by atoms with Crippen LogP contribution in [0.5, 0.6) is 0 Å². The van der Waals surface area contributed by atoms with Crippen LogP contribution in [0, 0.1) is 5.82 Å². The molecule has 3 N–H and O–H groups in total. The van der Waals surface area contributed by atoms with Gasteiger partial charge >= 0.3 is 0 Å². The second-order valence-corrected chi connectivity index (χ2v) is 5.88. The van der Waals surface area contributed by atoms with Crippen molar-refractivity contribution in [2.45, 2.75) is 12.5 Å². The largest absolute Gasteiger partial charge is 0.396 e. The fraction of sp³-hybridized carbons (Fsp3) is 0.250. The highest BCUT2D eigenvalue weighted by atomic mass is 35.5. The monoisotopic (exact) mass is 334 g/mol. The van der Waals surface area contributed by atoms with E-state index in [1.807, 2.05) is 18.2 Å². The zero-order valence-electron chi connectivity index (χ0n) is 12.3. The third-order valence-electron chi connectivity index (χ3n) is 3.84. The van der Waals surface area contributed by atoms with Crippen molar-refractivity contribution in [1.29, 1.82) is 0 Å². The Kier molecular flexibility index (Phi) is 4.34. The average Bonchev–Trinajstić information content (AvgIpc) is 3.00. The number of nitrogens with zero attached hydrogens (tertiary/aromatic N) is 2. The number of hydrogen-bond donors (Lipinski definition) is 2. The lowest BCUT2D eigenvalue weighted by atomic mass is 10.1. The van der Waals surface area contributed by atoms with Crippen LogP contribution < -0.4 is 16.0 Å². The lowest BCUT2D eigenvalue weighted by Crippen LogP contribution is -2.37. The molecule has 2 heterocycles. The number of carbonyl (C=O) groups excluding carboxylic acids is 1. The SMILES string of the molecule is Nc1c(F)cc(Cl)cc1C(=O)N[C@@H]1CCN(c2ccccn2)C1. The first-order valence-corrected chi connectivity index (χ1v) is 7.64. The van der Waals surface area contributed by atoms with Gasteiger partial charge < -0.3 is 16.0 Å². The van der Waals surface area contributed by atoms with Crippen molar-refractivity contribution in [3.8, 4) is 0 Å². The van der Waals surface area contributed by atoms with Crippen molar-refractivity contribution in [1.82, 2.24) is 10.3 Å². The molecule has 7 heteroatoms. The number of benzene rings is 1. The van der Waals surface area contributed by atoms with Crippen LogP contribution in [0.15, 0.2) is 36.5 Å². The van der Waals surface area contributed by atoms with Gasteiger partial charge in [0.05, 0.1) is 11.3 Å². The van der Waals surface area contributed by atoms with Crippen LogP contribution in [0.1, 0.15) is 16.8 Å². The Morgan fingerprint density at radius 2 is 2.26 bits per heavy atom. The molecule has 3 rings (SSSR count). The summed E-state index contributed by atoms with van der Waals surface area (Å²) in [5, 5.41) is 3.02. The molecule has 1 fully saturated rings. The number of anilines is 2. The molecule has 0 bridgehead atoms. The van der Waals surface area contributed by atoms with Gasteiger partial charge in [-0.05, 0) is 30.7 Å². The standard InChI is InChI=1S/C16H16ClFN4O/c17-10-7-12(15(19)13(18)8-10)16(23)21-11-4-6-22(9-11)14-3-1-2-5-20-14/h1-3,5,7-8,11H,4,6,9,19H2,(H,21,23)/t11-/m1/s1. The van der Waals surface area contributed by atoms with Crippen LogP contribution in [-0.4, -0.2) is 30.0 Å². The molecule has 1 saturated heterocycles. The topological polar surface area (TPSA) is 71.2 Å². The molecule has 0 radical (unpaired) electrons. The zero-order valence-corrected chi connectivity index (χ0v) is 13.1. The molecule has 2 aromatic rings. The fourth-order valence-corrected chi connectivity index (χ4v) is 2.87. The van der Waals surface area contributed by atoms with E-state index in [0.717, 1.165) is 24.8 Å². The maximum atomic E-state index is 13.6. The summed E-state index contributed by atoms with van der Waals surface area (Å²) in [5.41, 5.74) is 5.50. The van der Waals surface area contributed by atoms with Gasteiger partial charge in [0.15, 0.2) is 0 Å². The summed E-state index contributed by atoms with van der Waals surface area (Å²) in [7, 11) is 0. The molecule has 0 saturated carbocycles. The Morgan fingerprint density at radius 3 is 3.00 bits per heavy atom. The molecule has 0 unspecified atom stereocenters. The number of nitrogens with two attached hydrogens (primary N) is 1. The average molecular weight is 335 g/mol. The van der Waals surface area contributed by atoms with Crippen molar-refractivity contribution in [2.75, 3.05) is 23.7 Å². The number of amides is 1. The Hall–Kier alpha value is -2.34. The molecule has 1 aliphatic heterocycles. The van der Waals surface area contributed by atoms with Crippen LogP contribution >= 0.6 is 11.6 Å². The van der Waals surface area contributed by atoms with Crippen molar-refractivity contribution >= 4 is 29.0 Å². The normalized spacial score (nSPS) is 17.3. The molecule has 120 valence electrons. The molecule has 1 aromatic carbocycles. The van der Waals surface area contributed by atoms with Crippen LogP contribution in [0.2, 0.25) is 5.02 Å². The number of nitrogen functional groups attached to an aromatic ring is 1. The number of rotatable bonds is 3. The Bertz CT molecular complexity index is 726. The second-order valence-electron chi connectivity index (χ2n) is 5.44. The van der Waals surface area contributed by atoms with E-state index >= 15 is 0 Å². The maximum absolute atomic E-state index is 13.6. The van der Waals surface area contributed by atoms with E-state index in [2.05, 4.69) is 15.2 Å². The minimum absolute atomic E-state index is 0.0500. The summed E-state index contributed by atoms with van der Waals surface area (Å²) in [6, 6.07) is 8.12. The van der Waals surface area contributed by atoms with E-state index in [1.54, 1.807) is 6.20 Å². The van der Waals surface area contributed by atoms with Crippen LogP contribution in [-0.2, 0) is 0 Å².